The zero-order valence-corrected chi connectivity index (χ0v) is 26.5. The molecule has 0 aliphatic rings. The van der Waals surface area contributed by atoms with Crippen molar-refractivity contribution in [2.75, 3.05) is 0 Å². The fourth-order valence-electron chi connectivity index (χ4n) is 5.77. The van der Waals surface area contributed by atoms with E-state index in [1.807, 2.05) is 48.5 Å². The molecule has 0 aliphatic heterocycles. The first-order valence-electron chi connectivity index (χ1n) is 15.8. The molecule has 0 radical (unpaired) electrons. The van der Waals surface area contributed by atoms with E-state index < -0.39 is 60.2 Å². The number of aliphatic carboxylic acids is 2. The number of benzene rings is 3. The van der Waals surface area contributed by atoms with Crippen LogP contribution in [0.2, 0.25) is 0 Å². The Morgan fingerprint density at radius 1 is 0.612 bits per heavy atom. The molecule has 49 heavy (non-hydrogen) atoms. The fourth-order valence-corrected chi connectivity index (χ4v) is 5.77. The molecule has 5 aromatic rings. The smallest absolute Gasteiger partial charge is 0.326 e. The van der Waals surface area contributed by atoms with E-state index in [1.54, 1.807) is 42.7 Å². The Kier molecular flexibility index (Phi) is 11.1. The predicted molar refractivity (Wildman–Crippen MR) is 182 cm³/mol. The number of hydrogen-bond acceptors (Lipinski definition) is 6. The molecule has 254 valence electrons. The van der Waals surface area contributed by atoms with E-state index in [0.717, 1.165) is 27.4 Å². The van der Waals surface area contributed by atoms with Crippen LogP contribution in [0.1, 0.15) is 29.5 Å². The lowest BCUT2D eigenvalue weighted by Gasteiger charge is -2.25. The number of amides is 3. The largest absolute Gasteiger partial charge is 0.481 e. The van der Waals surface area contributed by atoms with Crippen LogP contribution in [0, 0.1) is 0 Å². The minimum Gasteiger partial charge on any atom is -0.481 e. The first-order chi connectivity index (χ1) is 23.6. The van der Waals surface area contributed by atoms with Crippen LogP contribution in [0.5, 0.6) is 0 Å². The van der Waals surface area contributed by atoms with Crippen molar-refractivity contribution in [3.63, 3.8) is 0 Å². The number of nitrogens with two attached hydrogens (primary N) is 1. The van der Waals surface area contributed by atoms with Crippen molar-refractivity contribution in [2.24, 2.45) is 5.73 Å². The summed E-state index contributed by atoms with van der Waals surface area (Å²) in [7, 11) is 0. The van der Waals surface area contributed by atoms with E-state index in [9.17, 15) is 34.2 Å². The fraction of sp³-hybridized carbons (Fsp3) is 0.250. The van der Waals surface area contributed by atoms with Crippen molar-refractivity contribution in [1.82, 2.24) is 25.9 Å². The van der Waals surface area contributed by atoms with Crippen LogP contribution in [0.25, 0.3) is 21.8 Å². The van der Waals surface area contributed by atoms with Gasteiger partial charge in [0.2, 0.25) is 17.7 Å². The number of para-hydroxylation sites is 2. The Labute approximate surface area is 281 Å². The van der Waals surface area contributed by atoms with Crippen molar-refractivity contribution >= 4 is 51.5 Å². The van der Waals surface area contributed by atoms with Gasteiger partial charge in [-0.3, -0.25) is 19.2 Å². The number of hydrogen-bond donors (Lipinski definition) is 8. The van der Waals surface area contributed by atoms with Gasteiger partial charge in [-0.1, -0.05) is 66.7 Å². The molecule has 3 amide bonds. The number of fused-ring (bicyclic) bond motifs is 2. The molecule has 0 fully saturated rings. The van der Waals surface area contributed by atoms with Crippen LogP contribution in [-0.4, -0.2) is 74.0 Å². The highest BCUT2D eigenvalue weighted by Gasteiger charge is 2.31. The molecule has 4 unspecified atom stereocenters. The Bertz CT molecular complexity index is 1950. The average Bonchev–Trinajstić information content (AvgIpc) is 3.70. The van der Waals surface area contributed by atoms with Gasteiger partial charge in [-0.05, 0) is 41.7 Å². The SMILES string of the molecule is NC(Cc1c[nH]c2ccccc12)C(=O)NC(Cc1ccccc1)C(=O)NC(CCC(=O)O)C(=O)NC(Cc1c[nH]c2ccccc12)C(=O)O. The summed E-state index contributed by atoms with van der Waals surface area (Å²) in [5, 5.41) is 28.8. The molecule has 0 saturated carbocycles. The highest BCUT2D eigenvalue weighted by Crippen LogP contribution is 2.20. The van der Waals surface area contributed by atoms with Crippen molar-refractivity contribution < 1.29 is 34.2 Å². The highest BCUT2D eigenvalue weighted by molar-refractivity contribution is 5.95. The van der Waals surface area contributed by atoms with Gasteiger partial charge in [-0.2, -0.15) is 0 Å². The summed E-state index contributed by atoms with van der Waals surface area (Å²) < 4.78 is 0. The molecule has 2 aromatic heterocycles. The van der Waals surface area contributed by atoms with Gasteiger partial charge in [0.25, 0.3) is 0 Å². The maximum atomic E-state index is 13.8. The molecule has 0 saturated heterocycles. The second-order valence-electron chi connectivity index (χ2n) is 11.9. The number of carboxylic acids is 2. The van der Waals surface area contributed by atoms with Crippen LogP contribution in [0.3, 0.4) is 0 Å². The molecular formula is C36H38N6O7. The monoisotopic (exact) mass is 666 g/mol. The lowest BCUT2D eigenvalue weighted by atomic mass is 10.0. The van der Waals surface area contributed by atoms with Gasteiger partial charge in [0.1, 0.15) is 18.1 Å². The normalized spacial score (nSPS) is 13.7. The number of carbonyl (C=O) groups is 5. The van der Waals surface area contributed by atoms with E-state index in [1.165, 1.54) is 0 Å². The van der Waals surface area contributed by atoms with Crippen molar-refractivity contribution in [2.45, 2.75) is 56.3 Å². The third-order valence-electron chi connectivity index (χ3n) is 8.36. The second-order valence-corrected chi connectivity index (χ2v) is 11.9. The number of H-pyrrole nitrogens is 2. The molecule has 3 aromatic carbocycles. The number of nitrogens with one attached hydrogen (secondary N) is 5. The third kappa shape index (κ3) is 8.90. The summed E-state index contributed by atoms with van der Waals surface area (Å²) in [5.74, 6) is -4.75. The molecule has 0 aliphatic carbocycles. The Hall–Kier alpha value is -5.95. The number of rotatable bonds is 16. The van der Waals surface area contributed by atoms with Gasteiger partial charge in [0, 0.05) is 53.5 Å². The topological polar surface area (TPSA) is 219 Å². The lowest BCUT2D eigenvalue weighted by molar-refractivity contribution is -0.143. The van der Waals surface area contributed by atoms with Crippen LogP contribution in [-0.2, 0) is 43.2 Å². The van der Waals surface area contributed by atoms with E-state index in [4.69, 9.17) is 5.73 Å². The Morgan fingerprint density at radius 2 is 1.12 bits per heavy atom. The van der Waals surface area contributed by atoms with Crippen molar-refractivity contribution in [1.29, 1.82) is 0 Å². The van der Waals surface area contributed by atoms with Gasteiger partial charge in [0.05, 0.1) is 6.04 Å². The highest BCUT2D eigenvalue weighted by atomic mass is 16.4. The van der Waals surface area contributed by atoms with Gasteiger partial charge < -0.3 is 41.9 Å². The van der Waals surface area contributed by atoms with Crippen molar-refractivity contribution in [3.8, 4) is 0 Å². The summed E-state index contributed by atoms with van der Waals surface area (Å²) in [4.78, 5) is 70.5. The maximum absolute atomic E-state index is 13.8. The average molecular weight is 667 g/mol. The molecule has 0 bridgehead atoms. The van der Waals surface area contributed by atoms with E-state index in [2.05, 4.69) is 25.9 Å². The molecule has 13 heteroatoms. The molecule has 2 heterocycles. The van der Waals surface area contributed by atoms with Gasteiger partial charge in [-0.15, -0.1) is 0 Å². The number of aromatic nitrogens is 2. The summed E-state index contributed by atoms with van der Waals surface area (Å²) in [5.41, 5.74) is 10.2. The molecule has 5 rings (SSSR count). The number of carboxylic acid groups (broad SMARTS) is 2. The minimum absolute atomic E-state index is 0.0454. The molecule has 0 spiro atoms. The first-order valence-corrected chi connectivity index (χ1v) is 15.8. The maximum Gasteiger partial charge on any atom is 0.326 e. The molecule has 13 nitrogen and oxygen atoms in total. The van der Waals surface area contributed by atoms with Gasteiger partial charge >= 0.3 is 11.9 Å². The van der Waals surface area contributed by atoms with Gasteiger partial charge in [-0.25, -0.2) is 4.79 Å². The third-order valence-corrected chi connectivity index (χ3v) is 8.36. The van der Waals surface area contributed by atoms with Crippen LogP contribution in [0.4, 0.5) is 0 Å². The Morgan fingerprint density at radius 3 is 1.71 bits per heavy atom. The Balaban J connectivity index is 1.31. The van der Waals surface area contributed by atoms with Crippen LogP contribution >= 0.6 is 0 Å². The van der Waals surface area contributed by atoms with Crippen molar-refractivity contribution in [3.05, 3.63) is 108 Å². The number of aromatic amines is 2. The summed E-state index contributed by atoms with van der Waals surface area (Å²) in [6, 6.07) is 18.8. The second kappa shape index (κ2) is 15.8. The van der Waals surface area contributed by atoms with E-state index >= 15 is 0 Å². The quantitative estimate of drug-likeness (QED) is 0.0780. The number of carbonyl (C=O) groups excluding carboxylic acids is 3. The van der Waals surface area contributed by atoms with Crippen LogP contribution in [0.15, 0.2) is 91.3 Å². The predicted octanol–water partition coefficient (Wildman–Crippen LogP) is 2.41. The lowest BCUT2D eigenvalue weighted by Crippen LogP contribution is -2.58. The van der Waals surface area contributed by atoms with E-state index in [0.29, 0.717) is 11.1 Å². The van der Waals surface area contributed by atoms with Gasteiger partial charge in [0.15, 0.2) is 0 Å². The molecular weight excluding hydrogens is 628 g/mol. The first kappa shape index (κ1) is 34.4. The standard InChI is InChI=1S/C36H38N6O7/c37-26(17-22-19-38-27-12-6-4-10-24(22)27)33(45)41-30(16-21-8-2-1-3-9-21)35(47)40-29(14-15-32(43)44)34(46)42-31(36(48)49)18-23-20-39-28-13-7-5-11-25(23)28/h1-13,19-20,26,29-31,38-39H,14-18,37H2,(H,40,47)(H,41,45)(H,42,46)(H,43,44)(H,48,49). The summed E-state index contributed by atoms with van der Waals surface area (Å²) in [6.07, 6.45) is 2.81. The van der Waals surface area contributed by atoms with Crippen LogP contribution < -0.4 is 21.7 Å². The summed E-state index contributed by atoms with van der Waals surface area (Å²) in [6.45, 7) is 0. The zero-order valence-electron chi connectivity index (χ0n) is 26.5. The van der Waals surface area contributed by atoms with E-state index in [-0.39, 0.29) is 25.7 Å². The molecule has 4 atom stereocenters. The zero-order chi connectivity index (χ0) is 34.9. The molecule has 9 N–H and O–H groups in total. The minimum atomic E-state index is -1.41. The summed E-state index contributed by atoms with van der Waals surface area (Å²) >= 11 is 0.